The summed E-state index contributed by atoms with van der Waals surface area (Å²) in [4.78, 5) is 2.33. The predicted octanol–water partition coefficient (Wildman–Crippen LogP) is 1.67. The van der Waals surface area contributed by atoms with Gasteiger partial charge in [-0.2, -0.15) is 0 Å². The summed E-state index contributed by atoms with van der Waals surface area (Å²) in [6.07, 6.45) is 1.91. The second kappa shape index (κ2) is 6.04. The van der Waals surface area contributed by atoms with Crippen molar-refractivity contribution in [3.05, 3.63) is 35.4 Å². The van der Waals surface area contributed by atoms with Crippen LogP contribution in [0.3, 0.4) is 0 Å². The topological polar surface area (TPSA) is 49.5 Å². The second-order valence-electron chi connectivity index (χ2n) is 6.07. The number of piperidine rings is 1. The summed E-state index contributed by atoms with van der Waals surface area (Å²) in [6.45, 7) is 7.72. The van der Waals surface area contributed by atoms with E-state index < -0.39 is 0 Å². The minimum absolute atomic E-state index is 0.273. The Morgan fingerprint density at radius 3 is 2.53 bits per heavy atom. The average Bonchev–Trinajstić information content (AvgIpc) is 2.42. The summed E-state index contributed by atoms with van der Waals surface area (Å²) in [5.74, 6) is 0. The number of likely N-dealkylation sites (tertiary alicyclic amines) is 1. The van der Waals surface area contributed by atoms with Crippen LogP contribution in [-0.2, 0) is 5.41 Å². The number of hydrogen-bond acceptors (Lipinski definition) is 3. The molecule has 3 heteroatoms. The molecule has 1 heterocycles. The molecule has 0 bridgehead atoms. The van der Waals surface area contributed by atoms with Crippen LogP contribution in [0.15, 0.2) is 24.3 Å². The molecule has 3 N–H and O–H groups in total. The number of rotatable bonds is 4. The Morgan fingerprint density at radius 2 is 1.95 bits per heavy atom. The van der Waals surface area contributed by atoms with Gasteiger partial charge in [0.25, 0.3) is 0 Å². The Labute approximate surface area is 116 Å². The number of aliphatic hydroxyl groups is 1. The summed E-state index contributed by atoms with van der Waals surface area (Å²) >= 11 is 0. The lowest BCUT2D eigenvalue weighted by Crippen LogP contribution is -2.45. The van der Waals surface area contributed by atoms with E-state index in [4.69, 9.17) is 5.73 Å². The lowest BCUT2D eigenvalue weighted by molar-refractivity contribution is 0.0888. The first kappa shape index (κ1) is 14.5. The van der Waals surface area contributed by atoms with Crippen molar-refractivity contribution < 1.29 is 5.11 Å². The molecule has 0 amide bonds. The van der Waals surface area contributed by atoms with Crippen LogP contribution >= 0.6 is 0 Å². The minimum Gasteiger partial charge on any atom is -0.390 e. The molecule has 1 aliphatic heterocycles. The van der Waals surface area contributed by atoms with E-state index in [0.717, 1.165) is 25.9 Å². The quantitative estimate of drug-likeness (QED) is 0.868. The van der Waals surface area contributed by atoms with Crippen LogP contribution in [0.1, 0.15) is 30.9 Å². The second-order valence-corrected chi connectivity index (χ2v) is 6.07. The van der Waals surface area contributed by atoms with Gasteiger partial charge in [0, 0.05) is 13.1 Å². The Balaban J connectivity index is 2.00. The van der Waals surface area contributed by atoms with Gasteiger partial charge in [-0.3, -0.25) is 0 Å². The van der Waals surface area contributed by atoms with E-state index in [1.54, 1.807) is 0 Å². The summed E-state index contributed by atoms with van der Waals surface area (Å²) < 4.78 is 0. The van der Waals surface area contributed by atoms with Crippen molar-refractivity contribution in [2.24, 2.45) is 5.73 Å². The van der Waals surface area contributed by atoms with Gasteiger partial charge in [0.1, 0.15) is 0 Å². The van der Waals surface area contributed by atoms with Crippen LogP contribution in [0.2, 0.25) is 0 Å². The van der Waals surface area contributed by atoms with Crippen molar-refractivity contribution in [1.82, 2.24) is 4.90 Å². The van der Waals surface area contributed by atoms with E-state index in [2.05, 4.69) is 43.0 Å². The summed E-state index contributed by atoms with van der Waals surface area (Å²) in [5, 5.41) is 9.63. The van der Waals surface area contributed by atoms with E-state index in [1.165, 1.54) is 11.1 Å². The zero-order valence-electron chi connectivity index (χ0n) is 12.1. The fourth-order valence-corrected chi connectivity index (χ4v) is 3.12. The largest absolute Gasteiger partial charge is 0.390 e. The molecule has 0 aliphatic carbocycles. The van der Waals surface area contributed by atoms with Crippen LogP contribution in [0.4, 0.5) is 0 Å². The van der Waals surface area contributed by atoms with Crippen molar-refractivity contribution >= 4 is 0 Å². The predicted molar refractivity (Wildman–Crippen MR) is 79.3 cm³/mol. The van der Waals surface area contributed by atoms with E-state index in [0.29, 0.717) is 13.1 Å². The maximum atomic E-state index is 9.63. The summed E-state index contributed by atoms with van der Waals surface area (Å²) in [5.41, 5.74) is 8.62. The Kier molecular flexibility index (Phi) is 4.61. The Morgan fingerprint density at radius 1 is 1.32 bits per heavy atom. The van der Waals surface area contributed by atoms with Crippen LogP contribution < -0.4 is 5.73 Å². The Hall–Kier alpha value is -0.900. The molecule has 1 aromatic carbocycles. The molecule has 1 fully saturated rings. The molecule has 3 nitrogen and oxygen atoms in total. The van der Waals surface area contributed by atoms with Gasteiger partial charge < -0.3 is 15.7 Å². The van der Waals surface area contributed by atoms with Crippen molar-refractivity contribution in [2.45, 2.75) is 38.2 Å². The van der Waals surface area contributed by atoms with E-state index in [1.807, 2.05) is 0 Å². The molecular formula is C16H26N2O. The molecule has 1 aliphatic rings. The molecule has 1 unspecified atom stereocenters. The van der Waals surface area contributed by atoms with Crippen molar-refractivity contribution in [3.8, 4) is 0 Å². The zero-order valence-corrected chi connectivity index (χ0v) is 12.1. The van der Waals surface area contributed by atoms with Crippen LogP contribution in [0.5, 0.6) is 0 Å². The van der Waals surface area contributed by atoms with Gasteiger partial charge in [-0.15, -0.1) is 0 Å². The molecule has 2 rings (SSSR count). The first-order valence-electron chi connectivity index (χ1n) is 7.22. The van der Waals surface area contributed by atoms with Gasteiger partial charge in [0.05, 0.1) is 6.10 Å². The van der Waals surface area contributed by atoms with E-state index >= 15 is 0 Å². The first-order chi connectivity index (χ1) is 9.05. The molecular weight excluding hydrogens is 236 g/mol. The zero-order chi connectivity index (χ0) is 13.9. The third-order valence-electron chi connectivity index (χ3n) is 4.50. The number of hydrogen-bond donors (Lipinski definition) is 2. The fraction of sp³-hybridized carbons (Fsp3) is 0.625. The van der Waals surface area contributed by atoms with Crippen molar-refractivity contribution in [3.63, 3.8) is 0 Å². The van der Waals surface area contributed by atoms with Gasteiger partial charge in [0.2, 0.25) is 0 Å². The maximum absolute atomic E-state index is 9.63. The summed E-state index contributed by atoms with van der Waals surface area (Å²) in [7, 11) is 0. The SMILES string of the molecule is Cc1ccccc1C1(C)CCN(CC(O)CN)CC1. The highest BCUT2D eigenvalue weighted by atomic mass is 16.3. The van der Waals surface area contributed by atoms with Crippen LogP contribution in [-0.4, -0.2) is 42.3 Å². The number of nitrogens with zero attached hydrogens (tertiary/aromatic N) is 1. The first-order valence-corrected chi connectivity index (χ1v) is 7.22. The highest BCUT2D eigenvalue weighted by molar-refractivity contribution is 5.33. The van der Waals surface area contributed by atoms with Gasteiger partial charge in [0.15, 0.2) is 0 Å². The van der Waals surface area contributed by atoms with E-state index in [9.17, 15) is 5.11 Å². The number of aliphatic hydroxyl groups excluding tert-OH is 1. The molecule has 0 radical (unpaired) electrons. The Bertz CT molecular complexity index is 411. The number of aryl methyl sites for hydroxylation is 1. The van der Waals surface area contributed by atoms with Crippen LogP contribution in [0.25, 0.3) is 0 Å². The molecule has 0 saturated carbocycles. The summed E-state index contributed by atoms with van der Waals surface area (Å²) in [6, 6.07) is 8.71. The van der Waals surface area contributed by atoms with Gasteiger partial charge >= 0.3 is 0 Å². The van der Waals surface area contributed by atoms with Crippen LogP contribution in [0, 0.1) is 6.92 Å². The third kappa shape index (κ3) is 3.35. The molecule has 1 saturated heterocycles. The minimum atomic E-state index is -0.386. The standard InChI is InChI=1S/C16H26N2O/c1-13-5-3-4-6-15(13)16(2)7-9-18(10-8-16)12-14(19)11-17/h3-6,14,19H,7-12,17H2,1-2H3. The van der Waals surface area contributed by atoms with E-state index in [-0.39, 0.29) is 11.5 Å². The molecule has 106 valence electrons. The number of benzene rings is 1. The van der Waals surface area contributed by atoms with Gasteiger partial charge in [-0.1, -0.05) is 31.2 Å². The lowest BCUT2D eigenvalue weighted by atomic mass is 9.73. The fourth-order valence-electron chi connectivity index (χ4n) is 3.12. The van der Waals surface area contributed by atoms with Gasteiger partial charge in [-0.25, -0.2) is 0 Å². The highest BCUT2D eigenvalue weighted by Crippen LogP contribution is 2.36. The van der Waals surface area contributed by atoms with Crippen molar-refractivity contribution in [2.75, 3.05) is 26.2 Å². The molecule has 1 aromatic rings. The molecule has 0 aromatic heterocycles. The normalized spacial score (nSPS) is 21.3. The lowest BCUT2D eigenvalue weighted by Gasteiger charge is -2.41. The molecule has 0 spiro atoms. The average molecular weight is 262 g/mol. The molecule has 19 heavy (non-hydrogen) atoms. The highest BCUT2D eigenvalue weighted by Gasteiger charge is 2.32. The number of β-amino-alcohol motifs (C(OH)–C–C–N with tert-alkyl or cyclic N) is 1. The maximum Gasteiger partial charge on any atom is 0.0789 e. The van der Waals surface area contributed by atoms with Gasteiger partial charge in [-0.05, 0) is 49.4 Å². The van der Waals surface area contributed by atoms with Crippen molar-refractivity contribution in [1.29, 1.82) is 0 Å². The smallest absolute Gasteiger partial charge is 0.0789 e. The monoisotopic (exact) mass is 262 g/mol. The molecule has 1 atom stereocenters. The third-order valence-corrected chi connectivity index (χ3v) is 4.50. The number of nitrogens with two attached hydrogens (primary N) is 1.